The molecule has 88 valence electrons. The van der Waals surface area contributed by atoms with Gasteiger partial charge in [-0.15, -0.1) is 0 Å². The van der Waals surface area contributed by atoms with Gasteiger partial charge in [0.05, 0.1) is 6.10 Å². The monoisotopic (exact) mass is 211 g/mol. The van der Waals surface area contributed by atoms with Gasteiger partial charge >= 0.3 is 0 Å². The molecule has 0 amide bonds. The lowest BCUT2D eigenvalue weighted by Gasteiger charge is -2.36. The summed E-state index contributed by atoms with van der Waals surface area (Å²) in [6.45, 7) is 5.66. The molecule has 4 unspecified atom stereocenters. The average molecular weight is 211 g/mol. The molecule has 0 aromatic heterocycles. The molecule has 2 N–H and O–H groups in total. The summed E-state index contributed by atoms with van der Waals surface area (Å²) in [4.78, 5) is 0. The molecular formula is C13H25NO. The van der Waals surface area contributed by atoms with Gasteiger partial charge in [-0.2, -0.15) is 0 Å². The third kappa shape index (κ3) is 2.73. The summed E-state index contributed by atoms with van der Waals surface area (Å²) in [5.41, 5.74) is 6.35. The van der Waals surface area contributed by atoms with E-state index in [1.165, 1.54) is 32.1 Å². The normalized spacial score (nSPS) is 44.2. The summed E-state index contributed by atoms with van der Waals surface area (Å²) >= 11 is 0. The van der Waals surface area contributed by atoms with Crippen molar-refractivity contribution in [1.82, 2.24) is 0 Å². The zero-order chi connectivity index (χ0) is 10.8. The second kappa shape index (κ2) is 4.84. The second-order valence-electron chi connectivity index (χ2n) is 5.81. The first-order valence-corrected chi connectivity index (χ1v) is 6.54. The molecule has 2 heteroatoms. The lowest BCUT2D eigenvalue weighted by molar-refractivity contribution is 0.0526. The fourth-order valence-electron chi connectivity index (χ4n) is 3.53. The molecular weight excluding hydrogens is 186 g/mol. The van der Waals surface area contributed by atoms with E-state index in [1.54, 1.807) is 0 Å². The van der Waals surface area contributed by atoms with E-state index in [9.17, 15) is 0 Å². The van der Waals surface area contributed by atoms with Gasteiger partial charge in [0.15, 0.2) is 0 Å². The minimum absolute atomic E-state index is 0.290. The van der Waals surface area contributed by atoms with E-state index in [1.807, 2.05) is 0 Å². The average Bonchev–Trinajstić information content (AvgIpc) is 2.67. The van der Waals surface area contributed by atoms with Crippen LogP contribution >= 0.6 is 0 Å². The highest BCUT2D eigenvalue weighted by Gasteiger charge is 2.33. The third-order valence-electron chi connectivity index (χ3n) is 4.15. The molecule has 0 spiro atoms. The first kappa shape index (κ1) is 11.4. The Morgan fingerprint density at radius 1 is 1.13 bits per heavy atom. The van der Waals surface area contributed by atoms with Crippen molar-refractivity contribution in [3.8, 4) is 0 Å². The molecule has 1 saturated carbocycles. The molecule has 2 fully saturated rings. The highest BCUT2D eigenvalue weighted by Crippen LogP contribution is 2.36. The van der Waals surface area contributed by atoms with Crippen LogP contribution in [0.15, 0.2) is 0 Å². The van der Waals surface area contributed by atoms with Crippen molar-refractivity contribution >= 4 is 0 Å². The van der Waals surface area contributed by atoms with E-state index < -0.39 is 0 Å². The summed E-state index contributed by atoms with van der Waals surface area (Å²) in [6.07, 6.45) is 6.75. The van der Waals surface area contributed by atoms with Crippen LogP contribution in [0.5, 0.6) is 0 Å². The molecule has 4 atom stereocenters. The summed E-state index contributed by atoms with van der Waals surface area (Å²) in [5, 5.41) is 0. The predicted molar refractivity (Wildman–Crippen MR) is 62.6 cm³/mol. The van der Waals surface area contributed by atoms with Gasteiger partial charge in [-0.25, -0.2) is 0 Å². The molecule has 0 aromatic rings. The van der Waals surface area contributed by atoms with Gasteiger partial charge in [0.25, 0.3) is 0 Å². The molecule has 1 saturated heterocycles. The Balaban J connectivity index is 1.90. The van der Waals surface area contributed by atoms with Crippen LogP contribution in [0.4, 0.5) is 0 Å². The van der Waals surface area contributed by atoms with E-state index in [2.05, 4.69) is 13.8 Å². The standard InChI is InChI=1S/C13H25NO/c1-9-6-10(2)8-11(7-9)13(14)12-4-3-5-15-12/h9-13H,3-8,14H2,1-2H3. The molecule has 0 radical (unpaired) electrons. The molecule has 2 rings (SSSR count). The summed E-state index contributed by atoms with van der Waals surface area (Å²) in [5.74, 6) is 2.41. The van der Waals surface area contributed by atoms with Gasteiger partial charge < -0.3 is 10.5 Å². The fourth-order valence-corrected chi connectivity index (χ4v) is 3.53. The molecule has 0 aromatic carbocycles. The first-order chi connectivity index (χ1) is 7.16. The van der Waals surface area contributed by atoms with Crippen LogP contribution in [0.3, 0.4) is 0 Å². The Morgan fingerprint density at radius 2 is 1.80 bits per heavy atom. The van der Waals surface area contributed by atoms with Gasteiger partial charge in [0, 0.05) is 12.6 Å². The minimum Gasteiger partial charge on any atom is -0.377 e. The zero-order valence-electron chi connectivity index (χ0n) is 10.1. The second-order valence-corrected chi connectivity index (χ2v) is 5.81. The van der Waals surface area contributed by atoms with Crippen LogP contribution in [0.1, 0.15) is 46.0 Å². The maximum absolute atomic E-state index is 6.35. The van der Waals surface area contributed by atoms with Gasteiger partial charge in [0.2, 0.25) is 0 Å². The third-order valence-corrected chi connectivity index (χ3v) is 4.15. The van der Waals surface area contributed by atoms with Crippen molar-refractivity contribution in [1.29, 1.82) is 0 Å². The summed E-state index contributed by atoms with van der Waals surface area (Å²) < 4.78 is 5.71. The van der Waals surface area contributed by atoms with Gasteiger partial charge in [0.1, 0.15) is 0 Å². The number of nitrogens with two attached hydrogens (primary N) is 1. The molecule has 1 aliphatic heterocycles. The Morgan fingerprint density at radius 3 is 2.33 bits per heavy atom. The number of rotatable bonds is 2. The molecule has 1 heterocycles. The minimum atomic E-state index is 0.290. The van der Waals surface area contributed by atoms with E-state index in [0.717, 1.165) is 18.4 Å². The van der Waals surface area contributed by atoms with Crippen LogP contribution in [0.25, 0.3) is 0 Å². The quantitative estimate of drug-likeness (QED) is 0.762. The molecule has 0 bridgehead atoms. The maximum Gasteiger partial charge on any atom is 0.0729 e. The molecule has 2 aliphatic rings. The topological polar surface area (TPSA) is 35.2 Å². The number of hydrogen-bond acceptors (Lipinski definition) is 2. The van der Waals surface area contributed by atoms with Crippen LogP contribution in [0.2, 0.25) is 0 Å². The van der Waals surface area contributed by atoms with Crippen LogP contribution in [-0.2, 0) is 4.74 Å². The molecule has 1 aliphatic carbocycles. The summed E-state index contributed by atoms with van der Waals surface area (Å²) in [7, 11) is 0. The largest absolute Gasteiger partial charge is 0.377 e. The van der Waals surface area contributed by atoms with Crippen LogP contribution < -0.4 is 5.73 Å². The molecule has 15 heavy (non-hydrogen) atoms. The lowest BCUT2D eigenvalue weighted by Crippen LogP contribution is -2.43. The van der Waals surface area contributed by atoms with E-state index >= 15 is 0 Å². The van der Waals surface area contributed by atoms with Crippen LogP contribution in [0, 0.1) is 17.8 Å². The van der Waals surface area contributed by atoms with E-state index in [-0.39, 0.29) is 6.04 Å². The highest BCUT2D eigenvalue weighted by atomic mass is 16.5. The SMILES string of the molecule is CC1CC(C)CC(C(N)C2CCCO2)C1. The zero-order valence-corrected chi connectivity index (χ0v) is 10.1. The van der Waals surface area contributed by atoms with E-state index in [4.69, 9.17) is 10.5 Å². The summed E-state index contributed by atoms with van der Waals surface area (Å²) in [6, 6.07) is 0.290. The highest BCUT2D eigenvalue weighted by molar-refractivity contribution is 4.88. The van der Waals surface area contributed by atoms with Crippen molar-refractivity contribution in [3.05, 3.63) is 0 Å². The van der Waals surface area contributed by atoms with Crippen molar-refractivity contribution in [3.63, 3.8) is 0 Å². The van der Waals surface area contributed by atoms with Crippen LogP contribution in [-0.4, -0.2) is 18.8 Å². The number of ether oxygens (including phenoxy) is 1. The van der Waals surface area contributed by atoms with Crippen molar-refractivity contribution in [2.45, 2.75) is 58.1 Å². The van der Waals surface area contributed by atoms with Crippen molar-refractivity contribution in [2.24, 2.45) is 23.5 Å². The van der Waals surface area contributed by atoms with Crippen molar-refractivity contribution in [2.75, 3.05) is 6.61 Å². The Bertz CT molecular complexity index is 191. The fraction of sp³-hybridized carbons (Fsp3) is 1.00. The maximum atomic E-state index is 6.35. The number of hydrogen-bond donors (Lipinski definition) is 1. The first-order valence-electron chi connectivity index (χ1n) is 6.54. The van der Waals surface area contributed by atoms with E-state index in [0.29, 0.717) is 12.0 Å². The lowest BCUT2D eigenvalue weighted by atomic mass is 9.73. The Hall–Kier alpha value is -0.0800. The smallest absolute Gasteiger partial charge is 0.0729 e. The van der Waals surface area contributed by atoms with Gasteiger partial charge in [-0.1, -0.05) is 13.8 Å². The Labute approximate surface area is 93.6 Å². The predicted octanol–water partition coefficient (Wildman–Crippen LogP) is 2.57. The van der Waals surface area contributed by atoms with Gasteiger partial charge in [-0.3, -0.25) is 0 Å². The van der Waals surface area contributed by atoms with Gasteiger partial charge in [-0.05, 0) is 49.9 Å². The molecule has 2 nitrogen and oxygen atoms in total. The van der Waals surface area contributed by atoms with Crippen molar-refractivity contribution < 1.29 is 4.74 Å². The Kier molecular flexibility index (Phi) is 3.68.